The Morgan fingerprint density at radius 2 is 1.77 bits per heavy atom. The zero-order chi connectivity index (χ0) is 22.0. The number of carbonyl (C=O) groups is 2. The Kier molecular flexibility index (Phi) is 5.82. The average molecular weight is 440 g/mol. The molecule has 162 valence electrons. The first-order valence-electron chi connectivity index (χ1n) is 10.3. The van der Waals surface area contributed by atoms with Crippen molar-refractivity contribution in [2.45, 2.75) is 31.2 Å². The first-order chi connectivity index (χ1) is 14.8. The average Bonchev–Trinajstić information content (AvgIpc) is 3.36. The van der Waals surface area contributed by atoms with Crippen LogP contribution in [0, 0.1) is 6.92 Å². The molecule has 0 unspecified atom stereocenters. The van der Waals surface area contributed by atoms with Crippen LogP contribution in [0.5, 0.6) is 0 Å². The van der Waals surface area contributed by atoms with Crippen molar-refractivity contribution in [1.82, 2.24) is 9.47 Å². The van der Waals surface area contributed by atoms with Gasteiger partial charge in [-0.25, -0.2) is 8.42 Å². The minimum atomic E-state index is -3.91. The molecule has 8 heteroatoms. The van der Waals surface area contributed by atoms with Gasteiger partial charge in [0.05, 0.1) is 4.90 Å². The number of likely N-dealkylation sites (tertiary alicyclic amines) is 1. The maximum absolute atomic E-state index is 13.1. The minimum Gasteiger partial charge on any atom is -0.341 e. The number of rotatable bonds is 6. The summed E-state index contributed by atoms with van der Waals surface area (Å²) < 4.78 is 27.9. The van der Waals surface area contributed by atoms with Crippen LogP contribution in [0.3, 0.4) is 0 Å². The number of hydrogen-bond acceptors (Lipinski definition) is 4. The van der Waals surface area contributed by atoms with Crippen LogP contribution in [0.15, 0.2) is 59.6 Å². The van der Waals surface area contributed by atoms with Crippen molar-refractivity contribution in [3.05, 3.63) is 60.3 Å². The molecule has 0 spiro atoms. The maximum Gasteiger partial charge on any atom is 0.242 e. The molecular formula is C23H25N3O4S. The molecule has 1 N–H and O–H groups in total. The van der Waals surface area contributed by atoms with E-state index in [-0.39, 0.29) is 17.3 Å². The van der Waals surface area contributed by atoms with Gasteiger partial charge in [0.15, 0.2) is 9.84 Å². The lowest BCUT2D eigenvalue weighted by Crippen LogP contribution is -2.30. The molecule has 4 rings (SSSR count). The third kappa shape index (κ3) is 4.64. The number of amides is 2. The Bertz CT molecular complexity index is 1240. The van der Waals surface area contributed by atoms with Gasteiger partial charge in [0.25, 0.3) is 0 Å². The first-order valence-corrected chi connectivity index (χ1v) is 11.9. The van der Waals surface area contributed by atoms with E-state index in [1.54, 1.807) is 51.9 Å². The van der Waals surface area contributed by atoms with Crippen molar-refractivity contribution in [3.8, 4) is 0 Å². The van der Waals surface area contributed by atoms with Crippen LogP contribution >= 0.6 is 0 Å². The van der Waals surface area contributed by atoms with Crippen LogP contribution in [-0.4, -0.2) is 48.5 Å². The summed E-state index contributed by atoms with van der Waals surface area (Å²) >= 11 is 0. The first kappa shape index (κ1) is 21.1. The molecule has 0 aliphatic carbocycles. The van der Waals surface area contributed by atoms with Crippen molar-refractivity contribution >= 4 is 38.2 Å². The quantitative estimate of drug-likeness (QED) is 0.640. The fraction of sp³-hybridized carbons (Fsp3) is 0.304. The van der Waals surface area contributed by atoms with E-state index in [4.69, 9.17) is 0 Å². The van der Waals surface area contributed by atoms with Gasteiger partial charge in [0.1, 0.15) is 12.3 Å². The minimum absolute atomic E-state index is 0.0283. The largest absolute Gasteiger partial charge is 0.341 e. The SMILES string of the molecule is Cc1cccc(NC(=O)CS(=O)(=O)c2cn(CC(=O)N3CCCC3)c3ccccc23)c1. The van der Waals surface area contributed by atoms with Gasteiger partial charge in [-0.15, -0.1) is 0 Å². The molecule has 2 aromatic carbocycles. The van der Waals surface area contributed by atoms with Crippen LogP contribution in [0.4, 0.5) is 5.69 Å². The number of benzene rings is 2. The molecule has 2 amide bonds. The van der Waals surface area contributed by atoms with Crippen LogP contribution in [0.25, 0.3) is 10.9 Å². The molecule has 1 saturated heterocycles. The third-order valence-electron chi connectivity index (χ3n) is 5.47. The van der Waals surface area contributed by atoms with Gasteiger partial charge in [-0.05, 0) is 43.5 Å². The summed E-state index contributed by atoms with van der Waals surface area (Å²) in [4.78, 5) is 26.9. The summed E-state index contributed by atoms with van der Waals surface area (Å²) in [7, 11) is -3.91. The number of aromatic nitrogens is 1. The van der Waals surface area contributed by atoms with Gasteiger partial charge in [0, 0.05) is 35.9 Å². The number of anilines is 1. The zero-order valence-electron chi connectivity index (χ0n) is 17.4. The van der Waals surface area contributed by atoms with Crippen LogP contribution in [0.2, 0.25) is 0 Å². The summed E-state index contributed by atoms with van der Waals surface area (Å²) in [5, 5.41) is 3.16. The zero-order valence-corrected chi connectivity index (χ0v) is 18.2. The van der Waals surface area contributed by atoms with E-state index < -0.39 is 21.5 Å². The van der Waals surface area contributed by atoms with E-state index in [1.807, 2.05) is 13.0 Å². The Morgan fingerprint density at radius 3 is 2.52 bits per heavy atom. The van der Waals surface area contributed by atoms with E-state index in [2.05, 4.69) is 5.32 Å². The molecule has 0 saturated carbocycles. The van der Waals surface area contributed by atoms with E-state index in [9.17, 15) is 18.0 Å². The molecule has 0 radical (unpaired) electrons. The maximum atomic E-state index is 13.1. The lowest BCUT2D eigenvalue weighted by Gasteiger charge is -2.15. The Labute approximate surface area is 181 Å². The molecular weight excluding hydrogens is 414 g/mol. The predicted molar refractivity (Wildman–Crippen MR) is 120 cm³/mol. The smallest absolute Gasteiger partial charge is 0.242 e. The molecule has 1 aromatic heterocycles. The van der Waals surface area contributed by atoms with E-state index in [0.29, 0.717) is 16.6 Å². The van der Waals surface area contributed by atoms with E-state index in [1.165, 1.54) is 6.20 Å². The molecule has 1 fully saturated rings. The van der Waals surface area contributed by atoms with Gasteiger partial charge >= 0.3 is 0 Å². The highest BCUT2D eigenvalue weighted by Crippen LogP contribution is 2.27. The number of nitrogens with one attached hydrogen (secondary N) is 1. The fourth-order valence-electron chi connectivity index (χ4n) is 3.97. The van der Waals surface area contributed by atoms with Crippen molar-refractivity contribution in [2.24, 2.45) is 0 Å². The second-order valence-electron chi connectivity index (χ2n) is 7.90. The van der Waals surface area contributed by atoms with Gasteiger partial charge < -0.3 is 14.8 Å². The predicted octanol–water partition coefficient (Wildman–Crippen LogP) is 2.98. The van der Waals surface area contributed by atoms with Crippen molar-refractivity contribution in [2.75, 3.05) is 24.2 Å². The normalized spacial score (nSPS) is 14.2. The van der Waals surface area contributed by atoms with Gasteiger partial charge in [-0.3, -0.25) is 9.59 Å². The molecule has 0 atom stereocenters. The summed E-state index contributed by atoms with van der Waals surface area (Å²) in [6.45, 7) is 3.45. The monoisotopic (exact) mass is 439 g/mol. The number of nitrogens with zero attached hydrogens (tertiary/aromatic N) is 2. The van der Waals surface area contributed by atoms with Crippen molar-refractivity contribution in [1.29, 1.82) is 0 Å². The number of para-hydroxylation sites is 1. The second-order valence-corrected chi connectivity index (χ2v) is 9.86. The molecule has 31 heavy (non-hydrogen) atoms. The number of sulfone groups is 1. The highest BCUT2D eigenvalue weighted by molar-refractivity contribution is 7.92. The Balaban J connectivity index is 1.58. The number of fused-ring (bicyclic) bond motifs is 1. The van der Waals surface area contributed by atoms with Crippen molar-refractivity contribution in [3.63, 3.8) is 0 Å². The van der Waals surface area contributed by atoms with Gasteiger partial charge in [-0.1, -0.05) is 30.3 Å². The highest BCUT2D eigenvalue weighted by atomic mass is 32.2. The second kappa shape index (κ2) is 8.55. The molecule has 2 heterocycles. The molecule has 3 aromatic rings. The topological polar surface area (TPSA) is 88.5 Å². The van der Waals surface area contributed by atoms with Crippen LogP contribution < -0.4 is 5.32 Å². The third-order valence-corrected chi connectivity index (χ3v) is 7.11. The lowest BCUT2D eigenvalue weighted by molar-refractivity contribution is -0.130. The number of hydrogen-bond donors (Lipinski definition) is 1. The number of aryl methyl sites for hydroxylation is 1. The Hall–Kier alpha value is -3.13. The molecule has 7 nitrogen and oxygen atoms in total. The molecule has 0 bridgehead atoms. The fourth-order valence-corrected chi connectivity index (χ4v) is 5.34. The summed E-state index contributed by atoms with van der Waals surface area (Å²) in [6.07, 6.45) is 3.47. The summed E-state index contributed by atoms with van der Waals surface area (Å²) in [5.41, 5.74) is 2.18. The molecule has 1 aliphatic heterocycles. The standard InChI is InChI=1S/C23H25N3O4S/c1-17-7-6-8-18(13-17)24-22(27)16-31(29,30)21-14-26(20-10-3-2-9-19(20)21)15-23(28)25-11-4-5-12-25/h2-3,6-10,13-14H,4-5,11-12,15-16H2,1H3,(H,24,27). The number of carbonyl (C=O) groups excluding carboxylic acids is 2. The van der Waals surface area contributed by atoms with Gasteiger partial charge in [0.2, 0.25) is 11.8 Å². The highest BCUT2D eigenvalue weighted by Gasteiger charge is 2.26. The molecule has 1 aliphatic rings. The van der Waals surface area contributed by atoms with Crippen LogP contribution in [0.1, 0.15) is 18.4 Å². The van der Waals surface area contributed by atoms with Gasteiger partial charge in [-0.2, -0.15) is 0 Å². The summed E-state index contributed by atoms with van der Waals surface area (Å²) in [5.74, 6) is -1.30. The van der Waals surface area contributed by atoms with Crippen molar-refractivity contribution < 1.29 is 18.0 Å². The van der Waals surface area contributed by atoms with Crippen LogP contribution in [-0.2, 0) is 26.0 Å². The van der Waals surface area contributed by atoms with E-state index >= 15 is 0 Å². The van der Waals surface area contributed by atoms with E-state index in [0.717, 1.165) is 31.5 Å². The lowest BCUT2D eigenvalue weighted by atomic mass is 10.2. The summed E-state index contributed by atoms with van der Waals surface area (Å²) in [6, 6.07) is 14.2. The Morgan fingerprint density at radius 1 is 1.03 bits per heavy atom.